The Labute approximate surface area is 123 Å². The summed E-state index contributed by atoms with van der Waals surface area (Å²) in [5.74, 6) is -0.500. The fourth-order valence-corrected chi connectivity index (χ4v) is 3.22. The lowest BCUT2D eigenvalue weighted by Crippen LogP contribution is -2.15. The van der Waals surface area contributed by atoms with Crippen LogP contribution in [0.4, 0.5) is 10.1 Å². The van der Waals surface area contributed by atoms with Gasteiger partial charge in [0.25, 0.3) is 10.0 Å². The van der Waals surface area contributed by atoms with E-state index in [0.717, 1.165) is 6.07 Å². The number of aliphatic hydroxyl groups excluding tert-OH is 1. The number of H-pyrrole nitrogens is 1. The summed E-state index contributed by atoms with van der Waals surface area (Å²) >= 11 is 2.97. The number of halogens is 2. The molecule has 0 saturated heterocycles. The van der Waals surface area contributed by atoms with Gasteiger partial charge < -0.3 is 5.11 Å². The molecule has 0 aliphatic heterocycles. The highest BCUT2D eigenvalue weighted by molar-refractivity contribution is 9.10. The Morgan fingerprint density at radius 2 is 2.20 bits per heavy atom. The minimum atomic E-state index is -3.96. The van der Waals surface area contributed by atoms with Gasteiger partial charge in [0.05, 0.1) is 16.8 Å². The van der Waals surface area contributed by atoms with Gasteiger partial charge in [-0.1, -0.05) is 0 Å². The van der Waals surface area contributed by atoms with Gasteiger partial charge in [0.2, 0.25) is 5.03 Å². The van der Waals surface area contributed by atoms with Crippen molar-refractivity contribution in [3.05, 3.63) is 39.7 Å². The molecule has 20 heavy (non-hydrogen) atoms. The average molecular weight is 364 g/mol. The van der Waals surface area contributed by atoms with Gasteiger partial charge in [0, 0.05) is 11.3 Å². The molecule has 9 heteroatoms. The first-order valence-electron chi connectivity index (χ1n) is 5.47. The summed E-state index contributed by atoms with van der Waals surface area (Å²) in [6.07, 6.45) is 0. The maximum absolute atomic E-state index is 13.1. The van der Waals surface area contributed by atoms with Crippen LogP contribution < -0.4 is 4.72 Å². The van der Waals surface area contributed by atoms with Crippen LogP contribution >= 0.6 is 15.9 Å². The molecule has 0 saturated carbocycles. The number of sulfonamides is 1. The predicted octanol–water partition coefficient (Wildman–Crippen LogP) is 1.91. The van der Waals surface area contributed by atoms with Gasteiger partial charge in [0.15, 0.2) is 0 Å². The van der Waals surface area contributed by atoms with Crippen LogP contribution in [0.3, 0.4) is 0 Å². The van der Waals surface area contributed by atoms with Gasteiger partial charge in [-0.05, 0) is 41.1 Å². The van der Waals surface area contributed by atoms with Crippen LogP contribution in [0.25, 0.3) is 0 Å². The van der Waals surface area contributed by atoms with Crippen molar-refractivity contribution in [2.24, 2.45) is 0 Å². The van der Waals surface area contributed by atoms with Gasteiger partial charge in [-0.25, -0.2) is 4.39 Å². The summed E-state index contributed by atoms with van der Waals surface area (Å²) in [4.78, 5) is 0. The summed E-state index contributed by atoms with van der Waals surface area (Å²) in [6.45, 7) is 1.15. The van der Waals surface area contributed by atoms with E-state index < -0.39 is 22.4 Å². The van der Waals surface area contributed by atoms with E-state index in [9.17, 15) is 17.9 Å². The third-order valence-corrected chi connectivity index (χ3v) is 4.58. The zero-order valence-corrected chi connectivity index (χ0v) is 12.7. The summed E-state index contributed by atoms with van der Waals surface area (Å²) in [6, 6.07) is 3.71. The molecule has 0 aliphatic rings. The number of hydrogen-bond donors (Lipinski definition) is 3. The van der Waals surface area contributed by atoms with Crippen molar-refractivity contribution in [2.75, 3.05) is 4.72 Å². The molecule has 0 fully saturated rings. The van der Waals surface area contributed by atoms with E-state index in [4.69, 9.17) is 0 Å². The summed E-state index contributed by atoms with van der Waals surface area (Å²) in [7, 11) is -3.96. The molecule has 2 aromatic rings. The number of rotatable bonds is 4. The van der Waals surface area contributed by atoms with Crippen molar-refractivity contribution in [1.82, 2.24) is 10.2 Å². The largest absolute Gasteiger partial charge is 0.392 e. The van der Waals surface area contributed by atoms with E-state index in [1.807, 2.05) is 0 Å². The number of aromatic nitrogens is 2. The first kappa shape index (κ1) is 14.9. The Kier molecular flexibility index (Phi) is 4.11. The molecule has 0 bridgehead atoms. The summed E-state index contributed by atoms with van der Waals surface area (Å²) < 4.78 is 39.9. The van der Waals surface area contributed by atoms with E-state index in [-0.39, 0.29) is 20.7 Å². The fourth-order valence-electron chi connectivity index (χ4n) is 1.60. The molecule has 6 nitrogen and oxygen atoms in total. The quantitative estimate of drug-likeness (QED) is 0.773. The lowest BCUT2D eigenvalue weighted by molar-refractivity contribution is 0.277. The highest BCUT2D eigenvalue weighted by atomic mass is 79.9. The molecular weight excluding hydrogens is 353 g/mol. The minimum absolute atomic E-state index is 0.137. The molecule has 2 rings (SSSR count). The Morgan fingerprint density at radius 1 is 1.50 bits per heavy atom. The first-order valence-corrected chi connectivity index (χ1v) is 7.75. The molecule has 108 valence electrons. The second-order valence-electron chi connectivity index (χ2n) is 4.02. The Hall–Kier alpha value is -1.45. The third kappa shape index (κ3) is 2.84. The van der Waals surface area contributed by atoms with Crippen LogP contribution in [0, 0.1) is 12.7 Å². The van der Waals surface area contributed by atoms with Gasteiger partial charge >= 0.3 is 0 Å². The first-order chi connectivity index (χ1) is 9.35. The van der Waals surface area contributed by atoms with Crippen molar-refractivity contribution < 1.29 is 17.9 Å². The number of aryl methyl sites for hydroxylation is 1. The number of aliphatic hydroxyl groups is 1. The van der Waals surface area contributed by atoms with Gasteiger partial charge in [-0.2, -0.15) is 13.5 Å². The normalized spacial score (nSPS) is 11.6. The molecule has 3 N–H and O–H groups in total. The summed E-state index contributed by atoms with van der Waals surface area (Å²) in [5.41, 5.74) is 0.842. The molecule has 0 atom stereocenters. The van der Waals surface area contributed by atoms with E-state index in [2.05, 4.69) is 30.8 Å². The van der Waals surface area contributed by atoms with Crippen LogP contribution in [0.2, 0.25) is 0 Å². The van der Waals surface area contributed by atoms with E-state index in [0.29, 0.717) is 5.69 Å². The number of anilines is 1. The number of aromatic amines is 1. The van der Waals surface area contributed by atoms with Gasteiger partial charge in [-0.3, -0.25) is 9.82 Å². The van der Waals surface area contributed by atoms with Crippen LogP contribution in [0.5, 0.6) is 0 Å². The van der Waals surface area contributed by atoms with Crippen molar-refractivity contribution in [3.8, 4) is 0 Å². The molecule has 1 aromatic heterocycles. The molecule has 0 unspecified atom stereocenters. The maximum Gasteiger partial charge on any atom is 0.281 e. The number of nitrogens with zero attached hydrogens (tertiary/aromatic N) is 1. The molecule has 0 spiro atoms. The molecule has 0 amide bonds. The van der Waals surface area contributed by atoms with Crippen molar-refractivity contribution >= 4 is 31.6 Å². The molecular formula is C11H11BrFN3O3S. The number of hydrogen-bond acceptors (Lipinski definition) is 4. The smallest absolute Gasteiger partial charge is 0.281 e. The van der Waals surface area contributed by atoms with Crippen molar-refractivity contribution in [3.63, 3.8) is 0 Å². The van der Waals surface area contributed by atoms with Crippen molar-refractivity contribution in [2.45, 2.75) is 18.6 Å². The zero-order chi connectivity index (χ0) is 14.9. The average Bonchev–Trinajstić information content (AvgIpc) is 2.75. The molecule has 1 aromatic carbocycles. The Bertz CT molecular complexity index is 745. The fraction of sp³-hybridized carbons (Fsp3) is 0.182. The minimum Gasteiger partial charge on any atom is -0.392 e. The van der Waals surface area contributed by atoms with Crippen LogP contribution in [-0.4, -0.2) is 23.7 Å². The zero-order valence-electron chi connectivity index (χ0n) is 10.3. The van der Waals surface area contributed by atoms with Crippen LogP contribution in [0.15, 0.2) is 27.7 Å². The number of benzene rings is 1. The van der Waals surface area contributed by atoms with Gasteiger partial charge in [0.1, 0.15) is 5.82 Å². The summed E-state index contributed by atoms with van der Waals surface area (Å²) in [5, 5.41) is 15.1. The molecule has 0 aliphatic carbocycles. The molecule has 0 radical (unpaired) electrons. The van der Waals surface area contributed by atoms with E-state index in [1.54, 1.807) is 6.92 Å². The van der Waals surface area contributed by atoms with Crippen LogP contribution in [-0.2, 0) is 16.6 Å². The Morgan fingerprint density at radius 3 is 2.80 bits per heavy atom. The lowest BCUT2D eigenvalue weighted by Gasteiger charge is -2.08. The standard InChI is InChI=1S/C11H11BrFN3O3S/c1-6-8(5-17)11(15-14-6)20(18,19)16-7-2-3-10(13)9(12)4-7/h2-4,16-17H,5H2,1H3,(H,14,15). The third-order valence-electron chi connectivity index (χ3n) is 2.62. The molecule has 1 heterocycles. The maximum atomic E-state index is 13.1. The van der Waals surface area contributed by atoms with E-state index >= 15 is 0 Å². The Balaban J connectivity index is 2.38. The highest BCUT2D eigenvalue weighted by Gasteiger charge is 2.23. The predicted molar refractivity (Wildman–Crippen MR) is 74.2 cm³/mol. The lowest BCUT2D eigenvalue weighted by atomic mass is 10.3. The second-order valence-corrected chi connectivity index (χ2v) is 6.48. The highest BCUT2D eigenvalue weighted by Crippen LogP contribution is 2.23. The monoisotopic (exact) mass is 363 g/mol. The number of nitrogens with one attached hydrogen (secondary N) is 2. The van der Waals surface area contributed by atoms with Crippen molar-refractivity contribution in [1.29, 1.82) is 0 Å². The van der Waals surface area contributed by atoms with Crippen LogP contribution in [0.1, 0.15) is 11.3 Å². The SMILES string of the molecule is Cc1[nH]nc(S(=O)(=O)Nc2ccc(F)c(Br)c2)c1CO. The van der Waals surface area contributed by atoms with E-state index in [1.165, 1.54) is 12.1 Å². The van der Waals surface area contributed by atoms with Gasteiger partial charge in [-0.15, -0.1) is 0 Å². The second kappa shape index (κ2) is 5.51. The topological polar surface area (TPSA) is 95.1 Å².